The number of benzene rings is 3. The Hall–Kier alpha value is -4.33. The zero-order valence-electron chi connectivity index (χ0n) is 25.1. The van der Waals surface area contributed by atoms with Crippen LogP contribution in [0.1, 0.15) is 67.4 Å². The van der Waals surface area contributed by atoms with Gasteiger partial charge >= 0.3 is 11.9 Å². The van der Waals surface area contributed by atoms with Gasteiger partial charge in [0.15, 0.2) is 11.8 Å². The minimum Gasteiger partial charge on any atom is -0.497 e. The molecule has 0 aromatic heterocycles. The van der Waals surface area contributed by atoms with Crippen molar-refractivity contribution in [2.45, 2.75) is 65.0 Å². The molecular formula is C34H40N2O6. The Morgan fingerprint density at radius 2 is 1.74 bits per heavy atom. The molecule has 1 aliphatic rings. The summed E-state index contributed by atoms with van der Waals surface area (Å²) in [6, 6.07) is 18.9. The number of nitrogens with one attached hydrogen (secondary N) is 1. The maximum absolute atomic E-state index is 13.7. The molecule has 8 nitrogen and oxygen atoms in total. The van der Waals surface area contributed by atoms with E-state index in [4.69, 9.17) is 14.2 Å². The average molecular weight is 573 g/mol. The van der Waals surface area contributed by atoms with Crippen molar-refractivity contribution in [3.8, 4) is 5.75 Å². The summed E-state index contributed by atoms with van der Waals surface area (Å²) in [6.07, 6.45) is 2.85. The van der Waals surface area contributed by atoms with Gasteiger partial charge in [-0.15, -0.1) is 0 Å². The number of esters is 2. The number of aryl methyl sites for hydroxylation is 1. The summed E-state index contributed by atoms with van der Waals surface area (Å²) in [6.45, 7) is 6.78. The molecular weight excluding hydrogens is 532 g/mol. The molecule has 1 aliphatic heterocycles. The topological polar surface area (TPSA) is 93.9 Å². The van der Waals surface area contributed by atoms with Crippen molar-refractivity contribution in [2.75, 3.05) is 20.8 Å². The largest absolute Gasteiger partial charge is 0.497 e. The number of carbonyl (C=O) groups excluding carboxylic acids is 3. The zero-order chi connectivity index (χ0) is 30.2. The molecule has 42 heavy (non-hydrogen) atoms. The molecule has 3 aromatic rings. The smallest absolute Gasteiger partial charge is 0.356 e. The maximum atomic E-state index is 13.7. The molecule has 0 spiro atoms. The van der Waals surface area contributed by atoms with Gasteiger partial charge < -0.3 is 24.4 Å². The normalized spacial score (nSPS) is 15.5. The van der Waals surface area contributed by atoms with Gasteiger partial charge in [-0.3, -0.25) is 4.79 Å². The molecule has 1 fully saturated rings. The molecule has 0 saturated carbocycles. The standard InChI is InChI=1S/C34H40N2O6/c1-6-8-17-24-21-36(24)31(23-15-10-9-11-16-23)30(34(39)41-5)35-32(37)29(13-7-2)42-33(38)28-20-25(40-4)19-27-22(3)14-12-18-26(27)28/h9-12,14-16,18-20,24,29H,6-8,13,17,21H2,1-5H3,(H,35,37)/b31-30+. The lowest BCUT2D eigenvalue weighted by molar-refractivity contribution is -0.139. The minimum atomic E-state index is -1.13. The second kappa shape index (κ2) is 14.0. The SMILES string of the molecule is CCCCC1CN1/C(=C(/NC(=O)C(CCC)OC(=O)c1cc(OC)cc2c(C)cccc12)C(=O)OC)c1ccccc1. The third-order valence-corrected chi connectivity index (χ3v) is 7.55. The van der Waals surface area contributed by atoms with Gasteiger partial charge in [-0.25, -0.2) is 9.59 Å². The Bertz CT molecular complexity index is 1470. The van der Waals surface area contributed by atoms with E-state index in [1.54, 1.807) is 6.07 Å². The predicted octanol–water partition coefficient (Wildman–Crippen LogP) is 6.01. The Labute approximate surface area is 247 Å². The average Bonchev–Trinajstić information content (AvgIpc) is 3.78. The van der Waals surface area contributed by atoms with Crippen LogP contribution in [0.2, 0.25) is 0 Å². The van der Waals surface area contributed by atoms with E-state index in [-0.39, 0.29) is 18.2 Å². The van der Waals surface area contributed by atoms with Crippen LogP contribution in [0.5, 0.6) is 5.75 Å². The third kappa shape index (κ3) is 6.93. The van der Waals surface area contributed by atoms with Gasteiger partial charge in [-0.1, -0.05) is 81.6 Å². The number of nitrogens with zero attached hydrogens (tertiary/aromatic N) is 1. The van der Waals surface area contributed by atoms with E-state index in [1.807, 2.05) is 68.4 Å². The first-order valence-corrected chi connectivity index (χ1v) is 14.6. The van der Waals surface area contributed by atoms with Crippen molar-refractivity contribution in [2.24, 2.45) is 0 Å². The monoisotopic (exact) mass is 572 g/mol. The van der Waals surface area contributed by atoms with Crippen molar-refractivity contribution in [3.05, 3.63) is 83.1 Å². The van der Waals surface area contributed by atoms with E-state index in [9.17, 15) is 14.4 Å². The molecule has 0 bridgehead atoms. The minimum absolute atomic E-state index is 0.0345. The van der Waals surface area contributed by atoms with Crippen LogP contribution >= 0.6 is 0 Å². The second-order valence-corrected chi connectivity index (χ2v) is 10.5. The van der Waals surface area contributed by atoms with E-state index in [0.717, 1.165) is 42.3 Å². The van der Waals surface area contributed by atoms with E-state index in [2.05, 4.69) is 17.1 Å². The summed E-state index contributed by atoms with van der Waals surface area (Å²) in [5.74, 6) is -1.39. The van der Waals surface area contributed by atoms with Gasteiger partial charge in [0.05, 0.1) is 25.5 Å². The Morgan fingerprint density at radius 1 is 0.976 bits per heavy atom. The molecule has 3 aromatic carbocycles. The highest BCUT2D eigenvalue weighted by Gasteiger charge is 2.39. The quantitative estimate of drug-likeness (QED) is 0.152. The third-order valence-electron chi connectivity index (χ3n) is 7.55. The number of amides is 1. The maximum Gasteiger partial charge on any atom is 0.356 e. The van der Waals surface area contributed by atoms with E-state index < -0.39 is 23.9 Å². The van der Waals surface area contributed by atoms with Gasteiger partial charge in [0, 0.05) is 18.2 Å². The molecule has 1 amide bonds. The van der Waals surface area contributed by atoms with Crippen molar-refractivity contribution < 1.29 is 28.6 Å². The van der Waals surface area contributed by atoms with Gasteiger partial charge in [-0.05, 0) is 48.2 Å². The number of fused-ring (bicyclic) bond motifs is 1. The van der Waals surface area contributed by atoms with Crippen molar-refractivity contribution >= 4 is 34.3 Å². The fourth-order valence-electron chi connectivity index (χ4n) is 5.20. The number of hydrogen-bond acceptors (Lipinski definition) is 7. The van der Waals surface area contributed by atoms with Crippen LogP contribution in [-0.2, 0) is 19.1 Å². The Kier molecular flexibility index (Phi) is 10.2. The summed E-state index contributed by atoms with van der Waals surface area (Å²) < 4.78 is 16.4. The molecule has 1 N–H and O–H groups in total. The second-order valence-electron chi connectivity index (χ2n) is 10.5. The van der Waals surface area contributed by atoms with Crippen LogP contribution in [0.25, 0.3) is 16.5 Å². The van der Waals surface area contributed by atoms with Crippen LogP contribution in [0.15, 0.2) is 66.4 Å². The Balaban J connectivity index is 1.67. The summed E-state index contributed by atoms with van der Waals surface area (Å²) in [4.78, 5) is 42.5. The van der Waals surface area contributed by atoms with Crippen molar-refractivity contribution in [1.29, 1.82) is 0 Å². The van der Waals surface area contributed by atoms with E-state index in [1.165, 1.54) is 14.2 Å². The van der Waals surface area contributed by atoms with Gasteiger partial charge in [0.2, 0.25) is 0 Å². The first-order valence-electron chi connectivity index (χ1n) is 14.6. The van der Waals surface area contributed by atoms with Crippen LogP contribution in [-0.4, -0.2) is 55.7 Å². The number of hydrogen-bond donors (Lipinski definition) is 1. The van der Waals surface area contributed by atoms with Crippen molar-refractivity contribution in [1.82, 2.24) is 10.2 Å². The fraction of sp³-hybridized carbons (Fsp3) is 0.382. The number of rotatable bonds is 13. The number of ether oxygens (including phenoxy) is 3. The summed E-state index contributed by atoms with van der Waals surface area (Å²) in [7, 11) is 2.82. The predicted molar refractivity (Wildman–Crippen MR) is 163 cm³/mol. The molecule has 8 heteroatoms. The molecule has 1 saturated heterocycles. The molecule has 4 rings (SSSR count). The lowest BCUT2D eigenvalue weighted by atomic mass is 10.00. The molecule has 222 valence electrons. The first-order chi connectivity index (χ1) is 20.3. The highest BCUT2D eigenvalue weighted by molar-refractivity contribution is 6.07. The fourth-order valence-corrected chi connectivity index (χ4v) is 5.20. The number of carbonyl (C=O) groups is 3. The number of unbranched alkanes of at least 4 members (excludes halogenated alkanes) is 1. The van der Waals surface area contributed by atoms with Crippen molar-refractivity contribution in [3.63, 3.8) is 0 Å². The molecule has 0 radical (unpaired) electrons. The molecule has 2 unspecified atom stereocenters. The van der Waals surface area contributed by atoms with E-state index >= 15 is 0 Å². The summed E-state index contributed by atoms with van der Waals surface area (Å²) in [5.41, 5.74) is 2.72. The summed E-state index contributed by atoms with van der Waals surface area (Å²) in [5, 5.41) is 4.36. The number of methoxy groups -OCH3 is 2. The first kappa shape index (κ1) is 30.6. The molecule has 2 atom stereocenters. The molecule has 0 aliphatic carbocycles. The van der Waals surface area contributed by atoms with Gasteiger partial charge in [0.25, 0.3) is 5.91 Å². The van der Waals surface area contributed by atoms with Crippen LogP contribution in [0.3, 0.4) is 0 Å². The Morgan fingerprint density at radius 3 is 2.40 bits per heavy atom. The van der Waals surface area contributed by atoms with Crippen LogP contribution in [0, 0.1) is 6.92 Å². The van der Waals surface area contributed by atoms with Gasteiger partial charge in [-0.2, -0.15) is 0 Å². The lowest BCUT2D eigenvalue weighted by Gasteiger charge is -2.21. The highest BCUT2D eigenvalue weighted by Crippen LogP contribution is 2.36. The zero-order valence-corrected chi connectivity index (χ0v) is 25.1. The lowest BCUT2D eigenvalue weighted by Crippen LogP contribution is -2.40. The highest BCUT2D eigenvalue weighted by atomic mass is 16.5. The van der Waals surface area contributed by atoms with Crippen LogP contribution < -0.4 is 10.1 Å². The van der Waals surface area contributed by atoms with Gasteiger partial charge in [0.1, 0.15) is 5.75 Å². The summed E-state index contributed by atoms with van der Waals surface area (Å²) >= 11 is 0. The molecule has 1 heterocycles. The van der Waals surface area contributed by atoms with Crippen LogP contribution in [0.4, 0.5) is 0 Å². The van der Waals surface area contributed by atoms with E-state index in [0.29, 0.717) is 28.8 Å².